The molecule has 1 aromatic heterocycles. The van der Waals surface area contributed by atoms with Crippen LogP contribution >= 0.6 is 23.5 Å². The van der Waals surface area contributed by atoms with Crippen molar-refractivity contribution in [1.29, 1.82) is 0 Å². The van der Waals surface area contributed by atoms with Crippen LogP contribution in [0.15, 0.2) is 54.6 Å². The molecule has 4 nitrogen and oxygen atoms in total. The molecular formula is C20H17NO3S2. The minimum Gasteiger partial charge on any atom is -0.497 e. The minimum absolute atomic E-state index is 0.286. The lowest BCUT2D eigenvalue weighted by Crippen LogP contribution is -2.10. The maximum atomic E-state index is 12.4. The smallest absolute Gasteiger partial charge is 0.362 e. The molecule has 0 atom stereocenters. The van der Waals surface area contributed by atoms with Gasteiger partial charge in [0.1, 0.15) is 17.2 Å². The van der Waals surface area contributed by atoms with Crippen LogP contribution in [-0.2, 0) is 0 Å². The Hall–Kier alpha value is -2.18. The van der Waals surface area contributed by atoms with Gasteiger partial charge < -0.3 is 9.47 Å². The number of benzene rings is 2. The molecule has 0 unspecified atom stereocenters. The standard InChI is InChI=1S/C20H17NO3S2/c1-23-16-7-9-17-14(12-16)4-8-18(21-17)19(22)24-15-5-2-13(3-6-15)20-25-10-11-26-20/h2-9,12,20H,10-11H2,1H3. The van der Waals surface area contributed by atoms with Gasteiger partial charge in [-0.2, -0.15) is 0 Å². The highest BCUT2D eigenvalue weighted by molar-refractivity contribution is 8.19. The lowest BCUT2D eigenvalue weighted by atomic mass is 10.2. The third-order valence-electron chi connectivity index (χ3n) is 4.09. The van der Waals surface area contributed by atoms with Gasteiger partial charge in [0.15, 0.2) is 0 Å². The van der Waals surface area contributed by atoms with Crippen LogP contribution in [0, 0.1) is 0 Å². The van der Waals surface area contributed by atoms with Gasteiger partial charge in [0, 0.05) is 16.9 Å². The number of hydrogen-bond donors (Lipinski definition) is 0. The lowest BCUT2D eigenvalue weighted by molar-refractivity contribution is 0.0729. The van der Waals surface area contributed by atoms with Crippen LogP contribution in [0.4, 0.5) is 0 Å². The number of aromatic nitrogens is 1. The predicted molar refractivity (Wildman–Crippen MR) is 107 cm³/mol. The maximum Gasteiger partial charge on any atom is 0.362 e. The van der Waals surface area contributed by atoms with Crippen molar-refractivity contribution in [3.63, 3.8) is 0 Å². The topological polar surface area (TPSA) is 48.4 Å². The summed E-state index contributed by atoms with van der Waals surface area (Å²) in [4.78, 5) is 16.8. The Morgan fingerprint density at radius 3 is 2.46 bits per heavy atom. The highest BCUT2D eigenvalue weighted by Crippen LogP contribution is 2.45. The van der Waals surface area contributed by atoms with Crippen molar-refractivity contribution < 1.29 is 14.3 Å². The molecule has 3 aromatic rings. The molecular weight excluding hydrogens is 366 g/mol. The van der Waals surface area contributed by atoms with Gasteiger partial charge >= 0.3 is 5.97 Å². The van der Waals surface area contributed by atoms with Crippen LogP contribution in [0.3, 0.4) is 0 Å². The van der Waals surface area contributed by atoms with E-state index in [0.717, 1.165) is 16.7 Å². The third kappa shape index (κ3) is 3.66. The van der Waals surface area contributed by atoms with E-state index in [-0.39, 0.29) is 5.69 Å². The average molecular weight is 383 g/mol. The number of rotatable bonds is 4. The van der Waals surface area contributed by atoms with Gasteiger partial charge in [-0.15, -0.1) is 23.5 Å². The molecule has 26 heavy (non-hydrogen) atoms. The SMILES string of the molecule is COc1ccc2nc(C(=O)Oc3ccc(C4SCCS4)cc3)ccc2c1. The maximum absolute atomic E-state index is 12.4. The van der Waals surface area contributed by atoms with E-state index in [1.165, 1.54) is 17.1 Å². The molecule has 1 fully saturated rings. The second kappa shape index (κ2) is 7.60. The van der Waals surface area contributed by atoms with E-state index in [1.807, 2.05) is 72.1 Å². The van der Waals surface area contributed by atoms with Crippen molar-refractivity contribution in [1.82, 2.24) is 4.98 Å². The molecule has 0 spiro atoms. The summed E-state index contributed by atoms with van der Waals surface area (Å²) in [6.07, 6.45) is 0. The summed E-state index contributed by atoms with van der Waals surface area (Å²) in [5, 5.41) is 0.914. The molecule has 6 heteroatoms. The van der Waals surface area contributed by atoms with Crippen LogP contribution in [0.1, 0.15) is 20.6 Å². The predicted octanol–water partition coefficient (Wildman–Crippen LogP) is 4.94. The fourth-order valence-electron chi connectivity index (χ4n) is 2.75. The Morgan fingerprint density at radius 2 is 1.73 bits per heavy atom. The molecule has 2 aromatic carbocycles. The Bertz CT molecular complexity index is 937. The number of carbonyl (C=O) groups is 1. The van der Waals surface area contributed by atoms with Gasteiger partial charge in [-0.05, 0) is 42.0 Å². The normalized spacial score (nSPS) is 14.5. The van der Waals surface area contributed by atoms with E-state index in [9.17, 15) is 4.79 Å². The number of esters is 1. The molecule has 2 heterocycles. The first-order valence-corrected chi connectivity index (χ1v) is 10.3. The van der Waals surface area contributed by atoms with Gasteiger partial charge in [-0.25, -0.2) is 9.78 Å². The van der Waals surface area contributed by atoms with E-state index in [1.54, 1.807) is 13.2 Å². The van der Waals surface area contributed by atoms with Crippen LogP contribution < -0.4 is 9.47 Å². The summed E-state index contributed by atoms with van der Waals surface area (Å²) in [5.41, 5.74) is 2.27. The number of nitrogens with zero attached hydrogens (tertiary/aromatic N) is 1. The van der Waals surface area contributed by atoms with Crippen molar-refractivity contribution in [2.75, 3.05) is 18.6 Å². The Balaban J connectivity index is 1.49. The Morgan fingerprint density at radius 1 is 1.00 bits per heavy atom. The summed E-state index contributed by atoms with van der Waals surface area (Å²) in [6, 6.07) is 16.8. The van der Waals surface area contributed by atoms with E-state index in [2.05, 4.69) is 4.98 Å². The highest BCUT2D eigenvalue weighted by Gasteiger charge is 2.18. The summed E-state index contributed by atoms with van der Waals surface area (Å²) in [7, 11) is 1.62. The fraction of sp³-hybridized carbons (Fsp3) is 0.200. The van der Waals surface area contributed by atoms with E-state index < -0.39 is 5.97 Å². The number of methoxy groups -OCH3 is 1. The monoisotopic (exact) mass is 383 g/mol. The number of hydrogen-bond acceptors (Lipinski definition) is 6. The molecule has 0 saturated carbocycles. The number of thioether (sulfide) groups is 2. The minimum atomic E-state index is -0.458. The zero-order valence-electron chi connectivity index (χ0n) is 14.2. The number of pyridine rings is 1. The number of ether oxygens (including phenoxy) is 2. The van der Waals surface area contributed by atoms with Crippen LogP contribution in [0.2, 0.25) is 0 Å². The van der Waals surface area contributed by atoms with Crippen molar-refractivity contribution in [3.05, 3.63) is 65.9 Å². The van der Waals surface area contributed by atoms with Crippen LogP contribution in [0.5, 0.6) is 11.5 Å². The van der Waals surface area contributed by atoms with E-state index in [0.29, 0.717) is 10.3 Å². The first kappa shape index (κ1) is 17.2. The summed E-state index contributed by atoms with van der Waals surface area (Å²) < 4.78 is 11.2. The zero-order chi connectivity index (χ0) is 17.9. The van der Waals surface area contributed by atoms with Crippen molar-refractivity contribution >= 4 is 40.4 Å². The molecule has 132 valence electrons. The highest BCUT2D eigenvalue weighted by atomic mass is 32.2. The first-order valence-electron chi connectivity index (χ1n) is 8.23. The van der Waals surface area contributed by atoms with Gasteiger partial charge in [-0.3, -0.25) is 0 Å². The molecule has 0 radical (unpaired) electrons. The Labute approximate surface area is 160 Å². The van der Waals surface area contributed by atoms with Crippen LogP contribution in [0.25, 0.3) is 10.9 Å². The zero-order valence-corrected chi connectivity index (χ0v) is 15.8. The van der Waals surface area contributed by atoms with Gasteiger partial charge in [0.2, 0.25) is 0 Å². The molecule has 0 amide bonds. The molecule has 1 aliphatic heterocycles. The van der Waals surface area contributed by atoms with Crippen LogP contribution in [-0.4, -0.2) is 29.6 Å². The molecule has 0 aliphatic carbocycles. The lowest BCUT2D eigenvalue weighted by Gasteiger charge is -2.09. The van der Waals surface area contributed by atoms with Crippen molar-refractivity contribution in [3.8, 4) is 11.5 Å². The Kier molecular flexibility index (Phi) is 5.04. The second-order valence-electron chi connectivity index (χ2n) is 5.79. The fourth-order valence-corrected chi connectivity index (χ4v) is 5.61. The summed E-state index contributed by atoms with van der Waals surface area (Å²) >= 11 is 3.90. The first-order chi connectivity index (χ1) is 12.7. The molecule has 0 N–H and O–H groups in total. The number of fused-ring (bicyclic) bond motifs is 1. The third-order valence-corrected chi connectivity index (χ3v) is 7.19. The average Bonchev–Trinajstić information content (AvgIpc) is 3.22. The molecule has 0 bridgehead atoms. The van der Waals surface area contributed by atoms with E-state index >= 15 is 0 Å². The molecule has 1 saturated heterocycles. The largest absolute Gasteiger partial charge is 0.497 e. The second-order valence-corrected chi connectivity index (χ2v) is 8.51. The molecule has 1 aliphatic rings. The summed E-state index contributed by atoms with van der Waals surface area (Å²) in [5.74, 6) is 3.20. The van der Waals surface area contributed by atoms with Crippen molar-refractivity contribution in [2.24, 2.45) is 0 Å². The summed E-state index contributed by atoms with van der Waals surface area (Å²) in [6.45, 7) is 0. The quantitative estimate of drug-likeness (QED) is 0.470. The number of carbonyl (C=O) groups excluding carboxylic acids is 1. The van der Waals surface area contributed by atoms with Gasteiger partial charge in [0.05, 0.1) is 17.2 Å². The van der Waals surface area contributed by atoms with E-state index in [4.69, 9.17) is 9.47 Å². The van der Waals surface area contributed by atoms with Gasteiger partial charge in [-0.1, -0.05) is 18.2 Å². The molecule has 4 rings (SSSR count). The van der Waals surface area contributed by atoms with Gasteiger partial charge in [0.25, 0.3) is 0 Å². The van der Waals surface area contributed by atoms with Crippen molar-refractivity contribution in [2.45, 2.75) is 4.58 Å².